The number of nitrogens with zero attached hydrogens (tertiary/aromatic N) is 4. The van der Waals surface area contributed by atoms with E-state index in [4.69, 9.17) is 0 Å². The molecule has 2 heterocycles. The summed E-state index contributed by atoms with van der Waals surface area (Å²) in [5, 5.41) is 23.0. The Kier molecular flexibility index (Phi) is 5.97. The second-order valence-electron chi connectivity index (χ2n) is 6.97. The number of rotatable bonds is 8. The number of hydrogen-bond donors (Lipinski definition) is 1. The van der Waals surface area contributed by atoms with E-state index >= 15 is 0 Å². The Morgan fingerprint density at radius 1 is 1.28 bits per heavy atom. The van der Waals surface area contributed by atoms with Crippen LogP contribution in [0.3, 0.4) is 0 Å². The van der Waals surface area contributed by atoms with Gasteiger partial charge in [0.05, 0.1) is 10.5 Å². The molecule has 0 radical (unpaired) electrons. The van der Waals surface area contributed by atoms with E-state index in [-0.39, 0.29) is 36.4 Å². The number of carbonyl (C=O) groups is 3. The molecule has 3 amide bonds. The van der Waals surface area contributed by atoms with E-state index in [1.54, 1.807) is 0 Å². The molecule has 29 heavy (non-hydrogen) atoms. The summed E-state index contributed by atoms with van der Waals surface area (Å²) in [6.45, 7) is 4.12. The van der Waals surface area contributed by atoms with Gasteiger partial charge in [0.15, 0.2) is 0 Å². The van der Waals surface area contributed by atoms with Gasteiger partial charge in [-0.05, 0) is 18.4 Å². The minimum absolute atomic E-state index is 0.00829. The van der Waals surface area contributed by atoms with Gasteiger partial charge in [-0.2, -0.15) is 0 Å². The lowest BCUT2D eigenvalue weighted by molar-refractivity contribution is -0.385. The standard InChI is InChI=1S/C18H19N5O5S/c1-10(2)9-14-20-21-18(29-14)19-13(24)7-4-8-22-16(25)11-5-3-6-12(23(27)28)15(11)17(22)26/h3,5-6,10H,4,7-9H2,1-2H3,(H,19,21,24). The first-order valence-corrected chi connectivity index (χ1v) is 9.85. The van der Waals surface area contributed by atoms with Gasteiger partial charge in [-0.25, -0.2) is 0 Å². The molecule has 1 N–H and O–H groups in total. The molecule has 1 aliphatic heterocycles. The number of imide groups is 1. The van der Waals surface area contributed by atoms with Crippen LogP contribution in [-0.2, 0) is 11.2 Å². The van der Waals surface area contributed by atoms with Crippen molar-refractivity contribution in [1.29, 1.82) is 0 Å². The molecule has 0 bridgehead atoms. The minimum Gasteiger partial charge on any atom is -0.301 e. The van der Waals surface area contributed by atoms with E-state index in [9.17, 15) is 24.5 Å². The summed E-state index contributed by atoms with van der Waals surface area (Å²) in [7, 11) is 0. The highest BCUT2D eigenvalue weighted by atomic mass is 32.1. The second-order valence-corrected chi connectivity index (χ2v) is 8.03. The van der Waals surface area contributed by atoms with Gasteiger partial charge in [-0.15, -0.1) is 10.2 Å². The first kappa shape index (κ1) is 20.5. The molecule has 0 atom stereocenters. The van der Waals surface area contributed by atoms with Gasteiger partial charge >= 0.3 is 0 Å². The maximum absolute atomic E-state index is 12.5. The number of fused-ring (bicyclic) bond motifs is 1. The number of nitrogens with one attached hydrogen (secondary N) is 1. The Labute approximate surface area is 170 Å². The molecule has 0 saturated heterocycles. The van der Waals surface area contributed by atoms with Crippen LogP contribution in [0.15, 0.2) is 18.2 Å². The second kappa shape index (κ2) is 8.43. The summed E-state index contributed by atoms with van der Waals surface area (Å²) in [6, 6.07) is 3.95. The van der Waals surface area contributed by atoms with Crippen LogP contribution in [0, 0.1) is 16.0 Å². The fourth-order valence-corrected chi connectivity index (χ4v) is 3.95. The molecular formula is C18H19N5O5S. The van der Waals surface area contributed by atoms with Crippen molar-refractivity contribution in [2.45, 2.75) is 33.1 Å². The van der Waals surface area contributed by atoms with Gasteiger partial charge in [-0.1, -0.05) is 31.3 Å². The molecular weight excluding hydrogens is 398 g/mol. The third-order valence-electron chi connectivity index (χ3n) is 4.26. The molecule has 1 aromatic heterocycles. The predicted octanol–water partition coefficient (Wildman–Crippen LogP) is 2.66. The van der Waals surface area contributed by atoms with Gasteiger partial charge in [0.2, 0.25) is 11.0 Å². The molecule has 1 aromatic carbocycles. The molecule has 0 aliphatic carbocycles. The Morgan fingerprint density at radius 2 is 2.03 bits per heavy atom. The third kappa shape index (κ3) is 4.45. The van der Waals surface area contributed by atoms with Crippen molar-refractivity contribution < 1.29 is 19.3 Å². The SMILES string of the molecule is CC(C)Cc1nnc(NC(=O)CCCN2C(=O)c3cccc([N+](=O)[O-])c3C2=O)s1. The van der Waals surface area contributed by atoms with Crippen LogP contribution in [-0.4, -0.2) is 44.3 Å². The maximum Gasteiger partial charge on any atom is 0.282 e. The zero-order chi connectivity index (χ0) is 21.1. The zero-order valence-electron chi connectivity index (χ0n) is 15.9. The summed E-state index contributed by atoms with van der Waals surface area (Å²) in [6.07, 6.45) is 1.07. The summed E-state index contributed by atoms with van der Waals surface area (Å²) in [4.78, 5) is 48.3. The monoisotopic (exact) mass is 417 g/mol. The number of benzene rings is 1. The van der Waals surface area contributed by atoms with E-state index in [2.05, 4.69) is 29.4 Å². The average molecular weight is 417 g/mol. The van der Waals surface area contributed by atoms with Crippen molar-refractivity contribution in [3.63, 3.8) is 0 Å². The lowest BCUT2D eigenvalue weighted by atomic mass is 10.1. The number of anilines is 1. The molecule has 1 aliphatic rings. The van der Waals surface area contributed by atoms with Crippen molar-refractivity contribution in [2.75, 3.05) is 11.9 Å². The number of carbonyl (C=O) groups excluding carboxylic acids is 3. The summed E-state index contributed by atoms with van der Waals surface area (Å²) >= 11 is 1.31. The molecule has 11 heteroatoms. The normalized spacial score (nSPS) is 13.1. The average Bonchev–Trinajstić information content (AvgIpc) is 3.18. The highest BCUT2D eigenvalue weighted by Crippen LogP contribution is 2.30. The van der Waals surface area contributed by atoms with Crippen molar-refractivity contribution in [3.05, 3.63) is 44.4 Å². The van der Waals surface area contributed by atoms with Crippen LogP contribution in [0.2, 0.25) is 0 Å². The Balaban J connectivity index is 1.55. The highest BCUT2D eigenvalue weighted by molar-refractivity contribution is 7.15. The molecule has 10 nitrogen and oxygen atoms in total. The van der Waals surface area contributed by atoms with Gasteiger partial charge < -0.3 is 5.32 Å². The number of hydrogen-bond acceptors (Lipinski definition) is 8. The van der Waals surface area contributed by atoms with Gasteiger partial charge in [-0.3, -0.25) is 29.4 Å². The Bertz CT molecular complexity index is 987. The molecule has 0 spiro atoms. The zero-order valence-corrected chi connectivity index (χ0v) is 16.7. The van der Waals surface area contributed by atoms with Crippen LogP contribution in [0.25, 0.3) is 0 Å². The number of amides is 3. The van der Waals surface area contributed by atoms with Gasteiger partial charge in [0, 0.05) is 25.5 Å². The Hall–Kier alpha value is -3.21. The molecule has 0 saturated carbocycles. The van der Waals surface area contributed by atoms with E-state index < -0.39 is 22.4 Å². The van der Waals surface area contributed by atoms with E-state index in [0.717, 1.165) is 16.3 Å². The summed E-state index contributed by atoms with van der Waals surface area (Å²) < 4.78 is 0. The van der Waals surface area contributed by atoms with Gasteiger partial charge in [0.25, 0.3) is 17.5 Å². The largest absolute Gasteiger partial charge is 0.301 e. The summed E-state index contributed by atoms with van der Waals surface area (Å²) in [5.74, 6) is -1.17. The number of nitro groups is 1. The number of aromatic nitrogens is 2. The van der Waals surface area contributed by atoms with Crippen LogP contribution in [0.5, 0.6) is 0 Å². The fourth-order valence-electron chi connectivity index (χ4n) is 2.99. The van der Waals surface area contributed by atoms with Crippen LogP contribution >= 0.6 is 11.3 Å². The molecule has 0 fully saturated rings. The minimum atomic E-state index is -0.708. The topological polar surface area (TPSA) is 135 Å². The molecule has 152 valence electrons. The third-order valence-corrected chi connectivity index (χ3v) is 5.12. The molecule has 2 aromatic rings. The van der Waals surface area contributed by atoms with Crippen molar-refractivity contribution in [2.24, 2.45) is 5.92 Å². The van der Waals surface area contributed by atoms with Crippen LogP contribution in [0.4, 0.5) is 10.8 Å². The lowest BCUT2D eigenvalue weighted by Crippen LogP contribution is -2.31. The first-order chi connectivity index (χ1) is 13.8. The quantitative estimate of drug-likeness (QED) is 0.396. The maximum atomic E-state index is 12.5. The molecule has 0 unspecified atom stereocenters. The highest BCUT2D eigenvalue weighted by Gasteiger charge is 2.40. The number of nitro benzene ring substituents is 1. The van der Waals surface area contributed by atoms with Crippen molar-refractivity contribution in [1.82, 2.24) is 15.1 Å². The van der Waals surface area contributed by atoms with E-state index in [0.29, 0.717) is 11.0 Å². The van der Waals surface area contributed by atoms with E-state index in [1.165, 1.54) is 29.5 Å². The molecule has 3 rings (SSSR count). The van der Waals surface area contributed by atoms with Crippen LogP contribution < -0.4 is 5.32 Å². The predicted molar refractivity (Wildman–Crippen MR) is 105 cm³/mol. The summed E-state index contributed by atoms with van der Waals surface area (Å²) in [5.41, 5.74) is -0.576. The Morgan fingerprint density at radius 3 is 2.72 bits per heavy atom. The van der Waals surface area contributed by atoms with E-state index in [1.807, 2.05) is 0 Å². The van der Waals surface area contributed by atoms with Crippen molar-refractivity contribution >= 4 is 39.9 Å². The lowest BCUT2D eigenvalue weighted by Gasteiger charge is -2.13. The first-order valence-electron chi connectivity index (χ1n) is 9.03. The van der Waals surface area contributed by atoms with Crippen molar-refractivity contribution in [3.8, 4) is 0 Å². The van der Waals surface area contributed by atoms with Gasteiger partial charge in [0.1, 0.15) is 10.6 Å². The smallest absolute Gasteiger partial charge is 0.282 e. The fraction of sp³-hybridized carbons (Fsp3) is 0.389. The van der Waals surface area contributed by atoms with Crippen LogP contribution in [0.1, 0.15) is 52.4 Å².